The molecule has 0 amide bonds. The third kappa shape index (κ3) is 3.73. The van der Waals surface area contributed by atoms with Gasteiger partial charge in [-0.2, -0.15) is 0 Å². The van der Waals surface area contributed by atoms with Gasteiger partial charge in [-0.1, -0.05) is 19.4 Å². The van der Waals surface area contributed by atoms with Crippen molar-refractivity contribution >= 4 is 16.6 Å². The second kappa shape index (κ2) is 7.08. The SMILES string of the molecule is CC12CC=C(O[Si](C)(C)C)C=C1CCC1C2CCC2(C)C1CC[C@@]2(C)O[Si](C)(C)C. The molecule has 0 aromatic heterocycles. The first-order chi connectivity index (χ1) is 13.7. The van der Waals surface area contributed by atoms with Gasteiger partial charge in [0.25, 0.3) is 0 Å². The molecule has 3 fully saturated rings. The summed E-state index contributed by atoms with van der Waals surface area (Å²) in [6.07, 6.45) is 14.0. The molecule has 30 heavy (non-hydrogen) atoms. The number of allylic oxidation sites excluding steroid dienone is 3. The lowest BCUT2D eigenvalue weighted by molar-refractivity contribution is -0.107. The van der Waals surface area contributed by atoms with E-state index >= 15 is 0 Å². The van der Waals surface area contributed by atoms with Crippen LogP contribution >= 0.6 is 0 Å². The third-order valence-corrected chi connectivity index (χ3v) is 11.2. The molecule has 0 saturated heterocycles. The highest BCUT2D eigenvalue weighted by Crippen LogP contribution is 2.68. The van der Waals surface area contributed by atoms with E-state index in [0.717, 1.165) is 23.5 Å². The molecule has 0 aliphatic heterocycles. The maximum atomic E-state index is 6.94. The van der Waals surface area contributed by atoms with E-state index in [1.807, 2.05) is 0 Å². The topological polar surface area (TPSA) is 18.5 Å². The monoisotopic (exact) mass is 446 g/mol. The summed E-state index contributed by atoms with van der Waals surface area (Å²) in [5.41, 5.74) is 2.45. The molecule has 0 spiro atoms. The van der Waals surface area contributed by atoms with Crippen molar-refractivity contribution in [2.45, 2.75) is 111 Å². The molecule has 0 bridgehead atoms. The molecular weight excluding hydrogens is 400 g/mol. The Bertz CT molecular complexity index is 758. The first kappa shape index (κ1) is 22.9. The van der Waals surface area contributed by atoms with Crippen LogP contribution in [0.15, 0.2) is 23.5 Å². The van der Waals surface area contributed by atoms with Crippen LogP contribution in [0.5, 0.6) is 0 Å². The maximum absolute atomic E-state index is 6.94. The minimum Gasteiger partial charge on any atom is -0.545 e. The van der Waals surface area contributed by atoms with Crippen LogP contribution in [0.25, 0.3) is 0 Å². The fraction of sp³-hybridized carbons (Fsp3) is 0.846. The quantitative estimate of drug-likeness (QED) is 0.408. The Morgan fingerprint density at radius 2 is 1.53 bits per heavy atom. The molecule has 4 rings (SSSR count). The van der Waals surface area contributed by atoms with Crippen LogP contribution in [-0.2, 0) is 8.85 Å². The predicted octanol–water partition coefficient (Wildman–Crippen LogP) is 7.90. The van der Waals surface area contributed by atoms with E-state index in [4.69, 9.17) is 8.85 Å². The summed E-state index contributed by atoms with van der Waals surface area (Å²) in [7, 11) is -3.11. The molecule has 0 N–H and O–H groups in total. The van der Waals surface area contributed by atoms with Crippen LogP contribution in [0.1, 0.15) is 65.7 Å². The lowest BCUT2D eigenvalue weighted by atomic mass is 9.47. The van der Waals surface area contributed by atoms with Crippen molar-refractivity contribution in [1.82, 2.24) is 0 Å². The maximum Gasteiger partial charge on any atom is 0.242 e. The molecule has 6 atom stereocenters. The van der Waals surface area contributed by atoms with Crippen molar-refractivity contribution in [3.8, 4) is 0 Å². The third-order valence-electron chi connectivity index (χ3n) is 9.27. The smallest absolute Gasteiger partial charge is 0.242 e. The largest absolute Gasteiger partial charge is 0.545 e. The highest BCUT2D eigenvalue weighted by Gasteiger charge is 2.63. The fourth-order valence-electron chi connectivity index (χ4n) is 7.88. The number of hydrogen-bond donors (Lipinski definition) is 0. The van der Waals surface area contributed by atoms with Crippen LogP contribution in [0.4, 0.5) is 0 Å². The van der Waals surface area contributed by atoms with Gasteiger partial charge in [0.05, 0.1) is 11.4 Å². The molecule has 5 unspecified atom stereocenters. The zero-order valence-corrected chi connectivity index (χ0v) is 23.2. The summed E-state index contributed by atoms with van der Waals surface area (Å²) in [6, 6.07) is 0. The zero-order valence-electron chi connectivity index (χ0n) is 21.2. The van der Waals surface area contributed by atoms with Crippen molar-refractivity contribution in [3.63, 3.8) is 0 Å². The van der Waals surface area contributed by atoms with Crippen LogP contribution in [-0.4, -0.2) is 22.2 Å². The van der Waals surface area contributed by atoms with Crippen molar-refractivity contribution < 1.29 is 8.85 Å². The van der Waals surface area contributed by atoms with Crippen LogP contribution in [0, 0.1) is 28.6 Å². The van der Waals surface area contributed by atoms with E-state index in [-0.39, 0.29) is 5.60 Å². The van der Waals surface area contributed by atoms with E-state index in [1.54, 1.807) is 5.57 Å². The first-order valence-electron chi connectivity index (χ1n) is 12.5. The molecule has 4 aliphatic rings. The van der Waals surface area contributed by atoms with Crippen LogP contribution in [0.3, 0.4) is 0 Å². The second-order valence-corrected chi connectivity index (χ2v) is 22.3. The van der Waals surface area contributed by atoms with Gasteiger partial charge in [-0.05, 0) is 132 Å². The van der Waals surface area contributed by atoms with E-state index in [2.05, 4.69) is 72.2 Å². The molecule has 4 aliphatic carbocycles. The minimum absolute atomic E-state index is 0.0783. The fourth-order valence-corrected chi connectivity index (χ4v) is 10.4. The lowest BCUT2D eigenvalue weighted by Crippen LogP contribution is -2.56. The Hall–Kier alpha value is -0.326. The first-order valence-corrected chi connectivity index (χ1v) is 19.3. The van der Waals surface area contributed by atoms with Gasteiger partial charge in [0.1, 0.15) is 0 Å². The van der Waals surface area contributed by atoms with E-state index in [1.165, 1.54) is 44.9 Å². The van der Waals surface area contributed by atoms with Gasteiger partial charge in [0, 0.05) is 0 Å². The molecule has 3 saturated carbocycles. The molecular formula is C26H46O2Si2. The Kier molecular flexibility index (Phi) is 5.40. The lowest BCUT2D eigenvalue weighted by Gasteiger charge is -2.59. The molecule has 0 aromatic rings. The summed E-state index contributed by atoms with van der Waals surface area (Å²) in [4.78, 5) is 0. The summed E-state index contributed by atoms with van der Waals surface area (Å²) >= 11 is 0. The summed E-state index contributed by atoms with van der Waals surface area (Å²) in [5, 5.41) is 0. The average molecular weight is 447 g/mol. The van der Waals surface area contributed by atoms with Gasteiger partial charge in [-0.3, -0.25) is 0 Å². The van der Waals surface area contributed by atoms with Crippen LogP contribution < -0.4 is 0 Å². The highest BCUT2D eigenvalue weighted by molar-refractivity contribution is 6.70. The van der Waals surface area contributed by atoms with Crippen molar-refractivity contribution in [1.29, 1.82) is 0 Å². The normalized spacial score (nSPS) is 43.8. The Morgan fingerprint density at radius 3 is 2.17 bits per heavy atom. The zero-order chi connectivity index (χ0) is 22.2. The number of fused-ring (bicyclic) bond motifs is 5. The van der Waals surface area contributed by atoms with Gasteiger partial charge in [-0.25, -0.2) is 0 Å². The number of rotatable bonds is 4. The van der Waals surface area contributed by atoms with Gasteiger partial charge in [-0.15, -0.1) is 0 Å². The predicted molar refractivity (Wildman–Crippen MR) is 132 cm³/mol. The van der Waals surface area contributed by atoms with Crippen molar-refractivity contribution in [2.75, 3.05) is 0 Å². The van der Waals surface area contributed by atoms with E-state index < -0.39 is 16.6 Å². The molecule has 2 nitrogen and oxygen atoms in total. The van der Waals surface area contributed by atoms with Crippen LogP contribution in [0.2, 0.25) is 39.3 Å². The van der Waals surface area contributed by atoms with Crippen molar-refractivity contribution in [2.24, 2.45) is 28.6 Å². The van der Waals surface area contributed by atoms with Gasteiger partial charge in [0.15, 0.2) is 8.32 Å². The van der Waals surface area contributed by atoms with E-state index in [9.17, 15) is 0 Å². The number of hydrogen-bond acceptors (Lipinski definition) is 2. The van der Waals surface area contributed by atoms with Gasteiger partial charge in [0.2, 0.25) is 8.32 Å². The van der Waals surface area contributed by atoms with Crippen molar-refractivity contribution in [3.05, 3.63) is 23.5 Å². The van der Waals surface area contributed by atoms with E-state index in [0.29, 0.717) is 10.8 Å². The Morgan fingerprint density at radius 1 is 0.867 bits per heavy atom. The summed E-state index contributed by atoms with van der Waals surface area (Å²) in [6.45, 7) is 21.6. The molecule has 0 heterocycles. The summed E-state index contributed by atoms with van der Waals surface area (Å²) in [5.74, 6) is 3.69. The molecule has 4 heteroatoms. The molecule has 0 radical (unpaired) electrons. The average Bonchev–Trinajstić information content (AvgIpc) is 2.83. The second-order valence-electron chi connectivity index (χ2n) is 13.5. The Balaban J connectivity index is 1.57. The Labute approximate surface area is 188 Å². The summed E-state index contributed by atoms with van der Waals surface area (Å²) < 4.78 is 13.3. The highest BCUT2D eigenvalue weighted by atomic mass is 28.4. The molecule has 170 valence electrons. The standard InChI is InChI=1S/C26H46O2Si2/c1-24-15-12-20(27-29(4,5)6)18-19(24)10-11-21-22(24)13-16-25(2)23(21)14-17-26(25,3)28-30(7,8)9/h12,18,21-23H,10-11,13-17H2,1-9H3/t21?,22?,23?,24?,25?,26-/m1/s1. The minimum atomic E-state index is -1.56. The van der Waals surface area contributed by atoms with Gasteiger partial charge >= 0.3 is 0 Å². The van der Waals surface area contributed by atoms with Gasteiger partial charge < -0.3 is 8.85 Å². The molecule has 0 aromatic carbocycles.